The van der Waals surface area contributed by atoms with Crippen LogP contribution in [0.4, 0.5) is 5.69 Å². The summed E-state index contributed by atoms with van der Waals surface area (Å²) in [5, 5.41) is 2.63. The zero-order chi connectivity index (χ0) is 20.2. The van der Waals surface area contributed by atoms with Crippen LogP contribution in [0, 0.1) is 0 Å². The molecule has 1 amide bonds. The van der Waals surface area contributed by atoms with Crippen LogP contribution in [0.15, 0.2) is 53.4 Å². The first kappa shape index (κ1) is 20.4. The predicted molar refractivity (Wildman–Crippen MR) is 109 cm³/mol. The van der Waals surface area contributed by atoms with Crippen LogP contribution in [0.2, 0.25) is 0 Å². The minimum absolute atomic E-state index is 0.185. The second-order valence-corrected chi connectivity index (χ2v) is 9.01. The van der Waals surface area contributed by atoms with Gasteiger partial charge in [-0.2, -0.15) is 0 Å². The largest absolute Gasteiger partial charge is 0.497 e. The molecule has 1 saturated carbocycles. The highest BCUT2D eigenvalue weighted by Crippen LogP contribution is 2.41. The molecule has 0 aliphatic heterocycles. The number of hydrogen-bond acceptors (Lipinski definition) is 4. The molecule has 0 unspecified atom stereocenters. The lowest BCUT2D eigenvalue weighted by molar-refractivity contribution is -0.114. The summed E-state index contributed by atoms with van der Waals surface area (Å²) in [5.41, 5.74) is 1.50. The van der Waals surface area contributed by atoms with Crippen molar-refractivity contribution in [3.05, 3.63) is 54.1 Å². The molecule has 1 aliphatic carbocycles. The van der Waals surface area contributed by atoms with Crippen molar-refractivity contribution in [2.75, 3.05) is 19.0 Å². The van der Waals surface area contributed by atoms with Gasteiger partial charge in [0.15, 0.2) is 0 Å². The lowest BCUT2D eigenvalue weighted by atomic mass is 9.79. The molecule has 2 aromatic rings. The molecule has 0 heterocycles. The van der Waals surface area contributed by atoms with Gasteiger partial charge in [0.2, 0.25) is 15.9 Å². The SMILES string of the molecule is COc1ccc(C2(CNS(=O)(=O)c3ccc(NC(C)=O)cc3)CCCC2)cc1. The Labute approximate surface area is 166 Å². The standard InChI is InChI=1S/C21H26N2O4S/c1-16(24)23-18-7-11-20(12-8-18)28(25,26)22-15-21(13-3-4-14-21)17-5-9-19(27-2)10-6-17/h5-12,22H,3-4,13-15H2,1-2H3,(H,23,24). The molecule has 6 nitrogen and oxygen atoms in total. The van der Waals surface area contributed by atoms with Gasteiger partial charge in [-0.3, -0.25) is 4.79 Å². The van der Waals surface area contributed by atoms with Crippen LogP contribution in [0.25, 0.3) is 0 Å². The van der Waals surface area contributed by atoms with Gasteiger partial charge in [-0.1, -0.05) is 25.0 Å². The molecular formula is C21H26N2O4S. The molecule has 0 saturated heterocycles. The lowest BCUT2D eigenvalue weighted by Crippen LogP contribution is -2.39. The van der Waals surface area contributed by atoms with E-state index < -0.39 is 10.0 Å². The number of methoxy groups -OCH3 is 1. The first-order valence-corrected chi connectivity index (χ1v) is 10.8. The van der Waals surface area contributed by atoms with Gasteiger partial charge in [-0.25, -0.2) is 13.1 Å². The van der Waals surface area contributed by atoms with Crippen molar-refractivity contribution in [1.29, 1.82) is 0 Å². The maximum absolute atomic E-state index is 12.8. The van der Waals surface area contributed by atoms with Crippen molar-refractivity contribution < 1.29 is 17.9 Å². The summed E-state index contributed by atoms with van der Waals surface area (Å²) in [6.07, 6.45) is 4.06. The monoisotopic (exact) mass is 402 g/mol. The van der Waals surface area contributed by atoms with Gasteiger partial charge in [-0.05, 0) is 54.8 Å². The molecule has 1 aliphatic rings. The Morgan fingerprint density at radius 2 is 1.64 bits per heavy atom. The first-order valence-electron chi connectivity index (χ1n) is 9.37. The fraction of sp³-hybridized carbons (Fsp3) is 0.381. The third-order valence-corrected chi connectivity index (χ3v) is 6.77. The van der Waals surface area contributed by atoms with E-state index >= 15 is 0 Å². The molecule has 0 bridgehead atoms. The van der Waals surface area contributed by atoms with E-state index in [1.165, 1.54) is 19.1 Å². The Balaban J connectivity index is 1.76. The van der Waals surface area contributed by atoms with Crippen LogP contribution >= 0.6 is 0 Å². The van der Waals surface area contributed by atoms with Gasteiger partial charge >= 0.3 is 0 Å². The Morgan fingerprint density at radius 1 is 1.04 bits per heavy atom. The number of ether oxygens (including phenoxy) is 1. The molecule has 0 aromatic heterocycles. The molecule has 0 radical (unpaired) electrons. The van der Waals surface area contributed by atoms with Gasteiger partial charge in [0, 0.05) is 24.6 Å². The van der Waals surface area contributed by atoms with Crippen LogP contribution in [0.5, 0.6) is 5.75 Å². The van der Waals surface area contributed by atoms with E-state index in [0.717, 1.165) is 37.0 Å². The van der Waals surface area contributed by atoms with Crippen molar-refractivity contribution in [1.82, 2.24) is 4.72 Å². The van der Waals surface area contributed by atoms with Crippen molar-refractivity contribution in [3.63, 3.8) is 0 Å². The molecule has 150 valence electrons. The van der Waals surface area contributed by atoms with E-state index in [2.05, 4.69) is 10.0 Å². The average molecular weight is 403 g/mol. The van der Waals surface area contributed by atoms with E-state index in [1.807, 2.05) is 24.3 Å². The molecule has 3 rings (SSSR count). The fourth-order valence-corrected chi connectivity index (χ4v) is 4.93. The van der Waals surface area contributed by atoms with E-state index in [1.54, 1.807) is 19.2 Å². The van der Waals surface area contributed by atoms with Crippen LogP contribution in [-0.4, -0.2) is 28.0 Å². The highest BCUT2D eigenvalue weighted by Gasteiger charge is 2.36. The Bertz CT molecular complexity index is 916. The fourth-order valence-electron chi connectivity index (χ4n) is 3.80. The molecule has 28 heavy (non-hydrogen) atoms. The van der Waals surface area contributed by atoms with E-state index in [4.69, 9.17) is 4.74 Å². The number of nitrogens with one attached hydrogen (secondary N) is 2. The lowest BCUT2D eigenvalue weighted by Gasteiger charge is -2.30. The molecule has 7 heteroatoms. The first-order chi connectivity index (χ1) is 13.3. The summed E-state index contributed by atoms with van der Waals surface area (Å²) in [6.45, 7) is 1.77. The van der Waals surface area contributed by atoms with Gasteiger partial charge in [0.25, 0.3) is 0 Å². The van der Waals surface area contributed by atoms with Gasteiger partial charge in [0.1, 0.15) is 5.75 Å². The van der Waals surface area contributed by atoms with Crippen molar-refractivity contribution in [3.8, 4) is 5.75 Å². The normalized spacial score (nSPS) is 15.9. The van der Waals surface area contributed by atoms with Crippen LogP contribution < -0.4 is 14.8 Å². The maximum Gasteiger partial charge on any atom is 0.240 e. The van der Waals surface area contributed by atoms with Crippen LogP contribution in [-0.2, 0) is 20.2 Å². The van der Waals surface area contributed by atoms with Gasteiger partial charge < -0.3 is 10.1 Å². The van der Waals surface area contributed by atoms with Crippen LogP contribution in [0.3, 0.4) is 0 Å². The summed E-state index contributed by atoms with van der Waals surface area (Å²) in [4.78, 5) is 11.3. The summed E-state index contributed by atoms with van der Waals surface area (Å²) in [6, 6.07) is 14.1. The molecule has 2 aromatic carbocycles. The second kappa shape index (κ2) is 8.32. The highest BCUT2D eigenvalue weighted by atomic mass is 32.2. The maximum atomic E-state index is 12.8. The van der Waals surface area contributed by atoms with Gasteiger partial charge in [-0.15, -0.1) is 0 Å². The zero-order valence-corrected chi connectivity index (χ0v) is 17.0. The third-order valence-electron chi connectivity index (χ3n) is 5.35. The quantitative estimate of drug-likeness (QED) is 0.743. The predicted octanol–water partition coefficient (Wildman–Crippen LogP) is 3.44. The molecule has 1 fully saturated rings. The number of sulfonamides is 1. The van der Waals surface area contributed by atoms with E-state index in [0.29, 0.717) is 12.2 Å². The number of rotatable bonds is 7. The zero-order valence-electron chi connectivity index (χ0n) is 16.2. The minimum atomic E-state index is -3.64. The van der Waals surface area contributed by atoms with Crippen molar-refractivity contribution >= 4 is 21.6 Å². The molecule has 0 spiro atoms. The summed E-state index contributed by atoms with van der Waals surface area (Å²) in [7, 11) is -2.01. The Kier molecular flexibility index (Phi) is 6.05. The summed E-state index contributed by atoms with van der Waals surface area (Å²) in [5.74, 6) is 0.591. The number of hydrogen-bond donors (Lipinski definition) is 2. The molecule has 2 N–H and O–H groups in total. The average Bonchev–Trinajstić information content (AvgIpc) is 3.17. The number of amides is 1. The van der Waals surface area contributed by atoms with Crippen molar-refractivity contribution in [2.24, 2.45) is 0 Å². The summed E-state index contributed by atoms with van der Waals surface area (Å²) >= 11 is 0. The van der Waals surface area contributed by atoms with Crippen molar-refractivity contribution in [2.45, 2.75) is 42.9 Å². The third kappa shape index (κ3) is 4.54. The number of carbonyl (C=O) groups is 1. The highest BCUT2D eigenvalue weighted by molar-refractivity contribution is 7.89. The molecular weight excluding hydrogens is 376 g/mol. The Morgan fingerprint density at radius 3 is 2.18 bits per heavy atom. The Hall–Kier alpha value is -2.38. The molecule has 0 atom stereocenters. The topological polar surface area (TPSA) is 84.5 Å². The van der Waals surface area contributed by atoms with Gasteiger partial charge in [0.05, 0.1) is 12.0 Å². The second-order valence-electron chi connectivity index (χ2n) is 7.25. The van der Waals surface area contributed by atoms with Crippen LogP contribution in [0.1, 0.15) is 38.2 Å². The smallest absolute Gasteiger partial charge is 0.240 e. The van der Waals surface area contributed by atoms with E-state index in [9.17, 15) is 13.2 Å². The number of anilines is 1. The van der Waals surface area contributed by atoms with E-state index in [-0.39, 0.29) is 16.2 Å². The number of carbonyl (C=O) groups excluding carboxylic acids is 1. The summed E-state index contributed by atoms with van der Waals surface area (Å²) < 4.78 is 33.6. The minimum Gasteiger partial charge on any atom is -0.497 e. The number of benzene rings is 2.